The van der Waals surface area contributed by atoms with Gasteiger partial charge in [0.05, 0.1) is 0 Å². The first kappa shape index (κ1) is 15.3. The molecule has 1 fully saturated rings. The van der Waals surface area contributed by atoms with Gasteiger partial charge in [0.2, 0.25) is 0 Å². The SMILES string of the molecule is Cn1ccnc(NCC2CCCCN2c2ccc(=O)[nH]n2)c1=O. The van der Waals surface area contributed by atoms with E-state index in [2.05, 4.69) is 25.4 Å². The third-order valence-electron chi connectivity index (χ3n) is 4.11. The Bertz CT molecular complexity index is 764. The number of H-pyrrole nitrogens is 1. The molecule has 1 atom stereocenters. The predicted molar refractivity (Wildman–Crippen MR) is 87.8 cm³/mol. The highest BCUT2D eigenvalue weighted by atomic mass is 16.1. The summed E-state index contributed by atoms with van der Waals surface area (Å²) < 4.78 is 1.50. The molecule has 1 unspecified atom stereocenters. The summed E-state index contributed by atoms with van der Waals surface area (Å²) in [5, 5.41) is 9.74. The molecule has 8 nitrogen and oxygen atoms in total. The molecule has 2 aromatic heterocycles. The predicted octanol–water partition coefficient (Wildman–Crippen LogP) is 0.335. The van der Waals surface area contributed by atoms with Gasteiger partial charge in [-0.25, -0.2) is 10.1 Å². The molecule has 1 saturated heterocycles. The van der Waals surface area contributed by atoms with Crippen LogP contribution in [0.15, 0.2) is 34.1 Å². The maximum Gasteiger partial charge on any atom is 0.293 e. The van der Waals surface area contributed by atoms with E-state index in [1.165, 1.54) is 10.6 Å². The zero-order chi connectivity index (χ0) is 16.2. The molecule has 0 radical (unpaired) electrons. The van der Waals surface area contributed by atoms with E-state index in [0.29, 0.717) is 12.4 Å². The third kappa shape index (κ3) is 3.41. The van der Waals surface area contributed by atoms with Crippen molar-refractivity contribution in [2.24, 2.45) is 7.05 Å². The summed E-state index contributed by atoms with van der Waals surface area (Å²) in [6.45, 7) is 1.48. The first-order valence-corrected chi connectivity index (χ1v) is 7.73. The molecule has 0 amide bonds. The molecular weight excluding hydrogens is 296 g/mol. The van der Waals surface area contributed by atoms with Crippen LogP contribution in [0.3, 0.4) is 0 Å². The van der Waals surface area contributed by atoms with Gasteiger partial charge in [-0.2, -0.15) is 5.10 Å². The van der Waals surface area contributed by atoms with Gasteiger partial charge in [0.25, 0.3) is 11.1 Å². The lowest BCUT2D eigenvalue weighted by Crippen LogP contribution is -2.45. The van der Waals surface area contributed by atoms with Gasteiger partial charge >= 0.3 is 0 Å². The highest BCUT2D eigenvalue weighted by molar-refractivity contribution is 5.40. The fourth-order valence-electron chi connectivity index (χ4n) is 2.85. The Balaban J connectivity index is 1.74. The summed E-state index contributed by atoms with van der Waals surface area (Å²) in [7, 11) is 1.70. The van der Waals surface area contributed by atoms with Crippen molar-refractivity contribution >= 4 is 11.6 Å². The number of aryl methyl sites for hydroxylation is 1. The van der Waals surface area contributed by atoms with Crippen LogP contribution >= 0.6 is 0 Å². The Morgan fingerprint density at radius 1 is 1.35 bits per heavy atom. The van der Waals surface area contributed by atoms with Gasteiger partial charge in [-0.1, -0.05) is 0 Å². The lowest BCUT2D eigenvalue weighted by Gasteiger charge is -2.36. The molecule has 3 heterocycles. The van der Waals surface area contributed by atoms with E-state index in [1.807, 2.05) is 0 Å². The molecule has 2 aromatic rings. The number of hydrogen-bond donors (Lipinski definition) is 2. The Hall–Kier alpha value is -2.64. The maximum absolute atomic E-state index is 12.0. The lowest BCUT2D eigenvalue weighted by atomic mass is 10.0. The second-order valence-corrected chi connectivity index (χ2v) is 5.70. The highest BCUT2D eigenvalue weighted by Crippen LogP contribution is 2.22. The van der Waals surface area contributed by atoms with Crippen molar-refractivity contribution in [3.05, 3.63) is 45.2 Å². The number of rotatable bonds is 4. The van der Waals surface area contributed by atoms with Gasteiger partial charge in [0, 0.05) is 44.6 Å². The van der Waals surface area contributed by atoms with Crippen molar-refractivity contribution in [2.45, 2.75) is 25.3 Å². The van der Waals surface area contributed by atoms with Crippen molar-refractivity contribution in [1.82, 2.24) is 19.7 Å². The maximum atomic E-state index is 12.0. The van der Waals surface area contributed by atoms with Crippen molar-refractivity contribution in [3.63, 3.8) is 0 Å². The summed E-state index contributed by atoms with van der Waals surface area (Å²) in [4.78, 5) is 29.4. The van der Waals surface area contributed by atoms with Crippen LogP contribution in [-0.2, 0) is 7.05 Å². The van der Waals surface area contributed by atoms with Crippen molar-refractivity contribution < 1.29 is 0 Å². The molecule has 3 rings (SSSR count). The summed E-state index contributed by atoms with van der Waals surface area (Å²) in [6, 6.07) is 3.42. The fraction of sp³-hybridized carbons (Fsp3) is 0.467. The van der Waals surface area contributed by atoms with E-state index < -0.39 is 0 Å². The first-order chi connectivity index (χ1) is 11.1. The number of anilines is 2. The van der Waals surface area contributed by atoms with Crippen LogP contribution in [0, 0.1) is 0 Å². The van der Waals surface area contributed by atoms with Gasteiger partial charge < -0.3 is 14.8 Å². The monoisotopic (exact) mass is 316 g/mol. The summed E-state index contributed by atoms with van der Waals surface area (Å²) >= 11 is 0. The van der Waals surface area contributed by atoms with Crippen molar-refractivity contribution in [3.8, 4) is 0 Å². The van der Waals surface area contributed by atoms with Gasteiger partial charge in [-0.15, -0.1) is 0 Å². The normalized spacial score (nSPS) is 18.0. The quantitative estimate of drug-likeness (QED) is 0.844. The minimum atomic E-state index is -0.211. The topological polar surface area (TPSA) is 95.9 Å². The molecule has 1 aliphatic rings. The standard InChI is InChI=1S/C15H20N6O2/c1-20-9-7-16-14(15(20)23)17-10-11-4-2-3-8-21(11)12-5-6-13(22)19-18-12/h5-7,9,11H,2-4,8,10H2,1H3,(H,16,17)(H,19,22). The largest absolute Gasteiger partial charge is 0.363 e. The van der Waals surface area contributed by atoms with Gasteiger partial charge in [0.1, 0.15) is 5.82 Å². The van der Waals surface area contributed by atoms with Crippen LogP contribution in [0.5, 0.6) is 0 Å². The molecule has 0 saturated carbocycles. The van der Waals surface area contributed by atoms with E-state index in [-0.39, 0.29) is 17.2 Å². The van der Waals surface area contributed by atoms with Crippen molar-refractivity contribution in [1.29, 1.82) is 0 Å². The minimum Gasteiger partial charge on any atom is -0.363 e. The average molecular weight is 316 g/mol. The molecule has 122 valence electrons. The average Bonchev–Trinajstić information content (AvgIpc) is 2.57. The van der Waals surface area contributed by atoms with E-state index in [1.54, 1.807) is 25.5 Å². The molecular formula is C15H20N6O2. The van der Waals surface area contributed by atoms with Crippen LogP contribution < -0.4 is 21.3 Å². The number of aromatic nitrogens is 4. The van der Waals surface area contributed by atoms with Crippen molar-refractivity contribution in [2.75, 3.05) is 23.3 Å². The summed E-state index contributed by atoms with van der Waals surface area (Å²) in [5.41, 5.74) is -0.352. The van der Waals surface area contributed by atoms with E-state index in [9.17, 15) is 9.59 Å². The molecule has 0 aliphatic carbocycles. The molecule has 2 N–H and O–H groups in total. The number of nitrogens with one attached hydrogen (secondary N) is 2. The van der Waals surface area contributed by atoms with Crippen LogP contribution in [0.4, 0.5) is 11.6 Å². The van der Waals surface area contributed by atoms with Gasteiger partial charge in [-0.05, 0) is 25.3 Å². The number of aromatic amines is 1. The third-order valence-corrected chi connectivity index (χ3v) is 4.11. The molecule has 1 aliphatic heterocycles. The zero-order valence-electron chi connectivity index (χ0n) is 13.0. The Labute approximate surface area is 133 Å². The Kier molecular flexibility index (Phi) is 4.40. The number of nitrogens with zero attached hydrogens (tertiary/aromatic N) is 4. The first-order valence-electron chi connectivity index (χ1n) is 7.73. The molecule has 23 heavy (non-hydrogen) atoms. The Morgan fingerprint density at radius 2 is 2.22 bits per heavy atom. The molecule has 0 spiro atoms. The number of hydrogen-bond acceptors (Lipinski definition) is 6. The van der Waals surface area contributed by atoms with Crippen LogP contribution in [0.25, 0.3) is 0 Å². The van der Waals surface area contributed by atoms with Crippen LogP contribution in [0.1, 0.15) is 19.3 Å². The minimum absolute atomic E-state index is 0.142. The van der Waals surface area contributed by atoms with E-state index in [4.69, 9.17) is 0 Å². The van der Waals surface area contributed by atoms with Crippen LogP contribution in [0.2, 0.25) is 0 Å². The fourth-order valence-corrected chi connectivity index (χ4v) is 2.85. The van der Waals surface area contributed by atoms with E-state index >= 15 is 0 Å². The molecule has 8 heteroatoms. The van der Waals surface area contributed by atoms with Crippen LogP contribution in [-0.4, -0.2) is 38.9 Å². The molecule has 0 aromatic carbocycles. The van der Waals surface area contributed by atoms with E-state index in [0.717, 1.165) is 31.6 Å². The van der Waals surface area contributed by atoms with Gasteiger partial charge in [0.15, 0.2) is 5.82 Å². The zero-order valence-corrected chi connectivity index (χ0v) is 13.0. The highest BCUT2D eigenvalue weighted by Gasteiger charge is 2.24. The second-order valence-electron chi connectivity index (χ2n) is 5.70. The molecule has 0 bridgehead atoms. The van der Waals surface area contributed by atoms with Gasteiger partial charge in [-0.3, -0.25) is 9.59 Å². The number of piperidine rings is 1. The summed E-state index contributed by atoms with van der Waals surface area (Å²) in [5.74, 6) is 1.11. The Morgan fingerprint density at radius 3 is 3.00 bits per heavy atom. The lowest BCUT2D eigenvalue weighted by molar-refractivity contribution is 0.467. The smallest absolute Gasteiger partial charge is 0.293 e. The summed E-state index contributed by atoms with van der Waals surface area (Å²) in [6.07, 6.45) is 6.45. The second kappa shape index (κ2) is 6.64.